The third kappa shape index (κ3) is 4.52. The van der Waals surface area contributed by atoms with Crippen molar-refractivity contribution in [1.82, 2.24) is 19.9 Å². The number of H-pyrrole nitrogens is 1. The summed E-state index contributed by atoms with van der Waals surface area (Å²) in [5.41, 5.74) is 2.56. The summed E-state index contributed by atoms with van der Waals surface area (Å²) < 4.78 is 10.8. The van der Waals surface area contributed by atoms with Gasteiger partial charge in [-0.3, -0.25) is 14.7 Å². The molecule has 4 rings (SSSR count). The third-order valence-electron chi connectivity index (χ3n) is 5.45. The zero-order valence-electron chi connectivity index (χ0n) is 17.3. The Morgan fingerprint density at radius 2 is 1.93 bits per heavy atom. The van der Waals surface area contributed by atoms with Crippen LogP contribution in [0.3, 0.4) is 0 Å². The van der Waals surface area contributed by atoms with Gasteiger partial charge in [0.15, 0.2) is 0 Å². The van der Waals surface area contributed by atoms with E-state index in [4.69, 9.17) is 14.5 Å². The third-order valence-corrected chi connectivity index (χ3v) is 5.45. The number of benzene rings is 1. The van der Waals surface area contributed by atoms with E-state index < -0.39 is 0 Å². The van der Waals surface area contributed by atoms with Crippen LogP contribution in [0.1, 0.15) is 36.6 Å². The van der Waals surface area contributed by atoms with Crippen LogP contribution in [-0.4, -0.2) is 40.6 Å². The molecule has 0 bridgehead atoms. The predicted molar refractivity (Wildman–Crippen MR) is 115 cm³/mol. The fourth-order valence-electron chi connectivity index (χ4n) is 3.99. The lowest BCUT2D eigenvalue weighted by Crippen LogP contribution is -2.34. The van der Waals surface area contributed by atoms with Gasteiger partial charge in [-0.2, -0.15) is 0 Å². The Morgan fingerprint density at radius 1 is 1.13 bits per heavy atom. The highest BCUT2D eigenvalue weighted by molar-refractivity contribution is 5.52. The van der Waals surface area contributed by atoms with Gasteiger partial charge < -0.3 is 14.5 Å². The van der Waals surface area contributed by atoms with Gasteiger partial charge in [0.25, 0.3) is 5.56 Å². The summed E-state index contributed by atoms with van der Waals surface area (Å²) in [6.07, 6.45) is 6.61. The van der Waals surface area contributed by atoms with Crippen LogP contribution >= 0.6 is 0 Å². The lowest BCUT2D eigenvalue weighted by atomic mass is 9.98. The summed E-state index contributed by atoms with van der Waals surface area (Å²) in [5, 5.41) is 0. The van der Waals surface area contributed by atoms with Gasteiger partial charge in [0.2, 0.25) is 0 Å². The molecule has 1 fully saturated rings. The second-order valence-electron chi connectivity index (χ2n) is 7.46. The predicted octanol–water partition coefficient (Wildman–Crippen LogP) is 3.58. The quantitative estimate of drug-likeness (QED) is 0.674. The molecule has 0 amide bonds. The number of hydrogen-bond acceptors (Lipinski definition) is 6. The van der Waals surface area contributed by atoms with Crippen molar-refractivity contribution < 1.29 is 9.47 Å². The Morgan fingerprint density at radius 3 is 2.63 bits per heavy atom. The van der Waals surface area contributed by atoms with E-state index in [1.807, 2.05) is 30.3 Å². The van der Waals surface area contributed by atoms with E-state index in [0.29, 0.717) is 5.82 Å². The van der Waals surface area contributed by atoms with Crippen LogP contribution in [0.5, 0.6) is 11.5 Å². The number of rotatable bonds is 6. The fourth-order valence-corrected chi connectivity index (χ4v) is 3.99. The molecule has 1 aromatic carbocycles. The molecule has 7 nitrogen and oxygen atoms in total. The average molecular weight is 406 g/mol. The minimum atomic E-state index is -0.146. The van der Waals surface area contributed by atoms with Crippen molar-refractivity contribution in [2.75, 3.05) is 20.8 Å². The minimum Gasteiger partial charge on any atom is -0.497 e. The van der Waals surface area contributed by atoms with Gasteiger partial charge in [0.05, 0.1) is 26.0 Å². The molecule has 1 saturated heterocycles. The monoisotopic (exact) mass is 406 g/mol. The summed E-state index contributed by atoms with van der Waals surface area (Å²) in [7, 11) is 3.31. The van der Waals surface area contributed by atoms with Gasteiger partial charge in [-0.05, 0) is 49.2 Å². The van der Waals surface area contributed by atoms with Gasteiger partial charge in [-0.15, -0.1) is 0 Å². The maximum absolute atomic E-state index is 12.4. The molecule has 30 heavy (non-hydrogen) atoms. The van der Waals surface area contributed by atoms with Crippen LogP contribution in [0.15, 0.2) is 53.6 Å². The molecule has 1 aliphatic heterocycles. The van der Waals surface area contributed by atoms with Crippen LogP contribution in [0, 0.1) is 0 Å². The Balaban J connectivity index is 1.65. The van der Waals surface area contributed by atoms with Gasteiger partial charge in [0.1, 0.15) is 17.3 Å². The number of piperidine rings is 1. The van der Waals surface area contributed by atoms with Crippen LogP contribution in [0.25, 0.3) is 11.4 Å². The van der Waals surface area contributed by atoms with Crippen LogP contribution in [0.2, 0.25) is 0 Å². The molecule has 1 atom stereocenters. The van der Waals surface area contributed by atoms with Gasteiger partial charge in [0, 0.05) is 36.6 Å². The zero-order valence-corrected chi connectivity index (χ0v) is 17.3. The first-order chi connectivity index (χ1) is 14.7. The molecule has 0 radical (unpaired) electrons. The van der Waals surface area contributed by atoms with Crippen molar-refractivity contribution in [2.45, 2.75) is 31.8 Å². The number of hydrogen-bond donors (Lipinski definition) is 1. The number of methoxy groups -OCH3 is 2. The van der Waals surface area contributed by atoms with E-state index >= 15 is 0 Å². The summed E-state index contributed by atoms with van der Waals surface area (Å²) in [6.45, 7) is 1.68. The number of likely N-dealkylation sites (tertiary alicyclic amines) is 1. The molecule has 0 spiro atoms. The van der Waals surface area contributed by atoms with Crippen LogP contribution in [-0.2, 0) is 6.54 Å². The number of aromatic amines is 1. The first-order valence-electron chi connectivity index (χ1n) is 10.1. The van der Waals surface area contributed by atoms with E-state index in [1.54, 1.807) is 32.7 Å². The minimum absolute atomic E-state index is 0.0775. The van der Waals surface area contributed by atoms with Crippen molar-refractivity contribution in [3.8, 4) is 22.9 Å². The molecule has 0 saturated carbocycles. The Hall–Kier alpha value is -3.19. The van der Waals surface area contributed by atoms with Crippen molar-refractivity contribution >= 4 is 0 Å². The second kappa shape index (κ2) is 9.09. The maximum Gasteiger partial charge on any atom is 0.251 e. The first-order valence-corrected chi connectivity index (χ1v) is 10.1. The number of aromatic nitrogens is 3. The molecule has 2 aromatic heterocycles. The normalized spacial score (nSPS) is 16.9. The summed E-state index contributed by atoms with van der Waals surface area (Å²) in [4.78, 5) is 26.6. The molecule has 0 aliphatic carbocycles. The van der Waals surface area contributed by atoms with E-state index in [-0.39, 0.29) is 11.6 Å². The summed E-state index contributed by atoms with van der Waals surface area (Å²) >= 11 is 0. The average Bonchev–Trinajstić information content (AvgIpc) is 2.79. The van der Waals surface area contributed by atoms with E-state index in [2.05, 4.69) is 14.9 Å². The molecule has 1 aliphatic rings. The van der Waals surface area contributed by atoms with Crippen LogP contribution in [0.4, 0.5) is 0 Å². The molecule has 0 unspecified atom stereocenters. The SMILES string of the molecule is COc1cc(CN2CCCC[C@@H]2c2cc(=O)[nH]c(-c3cccnc3)n2)cc(OC)c1. The number of nitrogens with zero attached hydrogens (tertiary/aromatic N) is 3. The molecule has 7 heteroatoms. The van der Waals surface area contributed by atoms with E-state index in [1.165, 1.54) is 0 Å². The molecule has 1 N–H and O–H groups in total. The molecule has 156 valence electrons. The van der Waals surface area contributed by atoms with Gasteiger partial charge >= 0.3 is 0 Å². The lowest BCUT2D eigenvalue weighted by Gasteiger charge is -2.35. The number of nitrogens with one attached hydrogen (secondary N) is 1. The highest BCUT2D eigenvalue weighted by atomic mass is 16.5. The Bertz CT molecular complexity index is 1030. The standard InChI is InChI=1S/C23H26N4O3/c1-29-18-10-16(11-19(12-18)30-2)15-27-9-4-3-7-21(27)20-13-22(28)26-23(25-20)17-6-5-8-24-14-17/h5-6,8,10-14,21H,3-4,7,9,15H2,1-2H3,(H,25,26,28)/t21-/m1/s1. The van der Waals surface area contributed by atoms with Gasteiger partial charge in [-0.25, -0.2) is 4.98 Å². The zero-order chi connectivity index (χ0) is 20.9. The number of ether oxygens (including phenoxy) is 2. The van der Waals surface area contributed by atoms with Gasteiger partial charge in [-0.1, -0.05) is 6.42 Å². The largest absolute Gasteiger partial charge is 0.497 e. The van der Waals surface area contributed by atoms with Crippen molar-refractivity contribution in [3.05, 3.63) is 70.4 Å². The molecular formula is C23H26N4O3. The molecular weight excluding hydrogens is 380 g/mol. The Kier molecular flexibility index (Phi) is 6.09. The maximum atomic E-state index is 12.4. The first kappa shape index (κ1) is 20.1. The molecule has 3 heterocycles. The van der Waals surface area contributed by atoms with Crippen molar-refractivity contribution in [2.24, 2.45) is 0 Å². The Labute approximate surface area is 175 Å². The highest BCUT2D eigenvalue weighted by Gasteiger charge is 2.26. The van der Waals surface area contributed by atoms with Crippen LogP contribution < -0.4 is 15.0 Å². The summed E-state index contributed by atoms with van der Waals surface area (Å²) in [5.74, 6) is 2.09. The van der Waals surface area contributed by atoms with E-state index in [9.17, 15) is 4.79 Å². The summed E-state index contributed by atoms with van der Waals surface area (Å²) in [6, 6.07) is 11.4. The van der Waals surface area contributed by atoms with E-state index in [0.717, 1.165) is 60.7 Å². The smallest absolute Gasteiger partial charge is 0.251 e. The van der Waals surface area contributed by atoms with Crippen molar-refractivity contribution in [1.29, 1.82) is 0 Å². The fraction of sp³-hybridized carbons (Fsp3) is 0.348. The topological polar surface area (TPSA) is 80.3 Å². The molecule has 3 aromatic rings. The highest BCUT2D eigenvalue weighted by Crippen LogP contribution is 2.32. The van der Waals surface area contributed by atoms with Crippen molar-refractivity contribution in [3.63, 3.8) is 0 Å². The second-order valence-corrected chi connectivity index (χ2v) is 7.46. The lowest BCUT2D eigenvalue weighted by molar-refractivity contribution is 0.137. The number of pyridine rings is 1.